The van der Waals surface area contributed by atoms with Gasteiger partial charge in [0.2, 0.25) is 5.91 Å². The van der Waals surface area contributed by atoms with Crippen molar-refractivity contribution in [1.82, 2.24) is 5.32 Å². The Hall–Kier alpha value is -2.74. The molecule has 0 aliphatic rings. The molecule has 0 aromatic heterocycles. The smallest absolute Gasteiger partial charge is 0.261 e. The third kappa shape index (κ3) is 6.38. The molecule has 2 N–H and O–H groups in total. The van der Waals surface area contributed by atoms with Gasteiger partial charge in [0, 0.05) is 12.2 Å². The zero-order valence-electron chi connectivity index (χ0n) is 17.3. The summed E-state index contributed by atoms with van der Waals surface area (Å²) in [7, 11) is -2.20. The number of sulfonamides is 1. The first-order chi connectivity index (χ1) is 15.3. The highest BCUT2D eigenvalue weighted by atomic mass is 35.5. The highest BCUT2D eigenvalue weighted by molar-refractivity contribution is 7.92. The van der Waals surface area contributed by atoms with Crippen LogP contribution >= 0.6 is 23.2 Å². The lowest BCUT2D eigenvalue weighted by Gasteiger charge is -2.10. The first kappa shape index (κ1) is 23.9. The number of hydrogen-bond acceptors (Lipinski definition) is 4. The summed E-state index contributed by atoms with van der Waals surface area (Å²) in [5, 5.41) is 3.31. The van der Waals surface area contributed by atoms with E-state index in [1.165, 1.54) is 18.2 Å². The van der Waals surface area contributed by atoms with Crippen molar-refractivity contribution in [3.8, 4) is 5.75 Å². The molecule has 0 aliphatic heterocycles. The highest BCUT2D eigenvalue weighted by Crippen LogP contribution is 2.26. The summed E-state index contributed by atoms with van der Waals surface area (Å²) >= 11 is 11.8. The second-order valence-electron chi connectivity index (χ2n) is 6.97. The van der Waals surface area contributed by atoms with Gasteiger partial charge in [0.15, 0.2) is 0 Å². The number of benzene rings is 3. The van der Waals surface area contributed by atoms with Crippen molar-refractivity contribution < 1.29 is 17.9 Å². The summed E-state index contributed by atoms with van der Waals surface area (Å²) in [6, 6.07) is 18.4. The first-order valence-corrected chi connectivity index (χ1v) is 12.0. The van der Waals surface area contributed by atoms with Gasteiger partial charge in [-0.3, -0.25) is 9.52 Å². The summed E-state index contributed by atoms with van der Waals surface area (Å²) in [6.07, 6.45) is 0.844. The van der Waals surface area contributed by atoms with Crippen LogP contribution in [0.1, 0.15) is 11.1 Å². The Labute approximate surface area is 197 Å². The van der Waals surface area contributed by atoms with Crippen LogP contribution in [0.3, 0.4) is 0 Å². The molecule has 0 bridgehead atoms. The summed E-state index contributed by atoms with van der Waals surface area (Å²) in [5.74, 6) is 0.671. The van der Waals surface area contributed by atoms with E-state index < -0.39 is 10.0 Å². The molecule has 1 amide bonds. The molecule has 3 rings (SSSR count). The molecular weight excluding hydrogens is 471 g/mol. The molecule has 0 radical (unpaired) electrons. The number of anilines is 1. The minimum absolute atomic E-state index is 0.00500. The maximum absolute atomic E-state index is 12.5. The van der Waals surface area contributed by atoms with Crippen molar-refractivity contribution in [2.75, 3.05) is 18.4 Å². The van der Waals surface area contributed by atoms with E-state index in [4.69, 9.17) is 27.9 Å². The topological polar surface area (TPSA) is 84.5 Å². The van der Waals surface area contributed by atoms with Crippen LogP contribution in [0.25, 0.3) is 0 Å². The van der Waals surface area contributed by atoms with Crippen LogP contribution < -0.4 is 14.8 Å². The molecule has 0 saturated carbocycles. The molecule has 0 heterocycles. The van der Waals surface area contributed by atoms with E-state index >= 15 is 0 Å². The van der Waals surface area contributed by atoms with Crippen LogP contribution in [0.5, 0.6) is 5.75 Å². The summed E-state index contributed by atoms with van der Waals surface area (Å²) < 4.78 is 32.8. The molecule has 9 heteroatoms. The summed E-state index contributed by atoms with van der Waals surface area (Å²) in [6.45, 7) is 0.487. The maximum atomic E-state index is 12.5. The van der Waals surface area contributed by atoms with Crippen LogP contribution in [0.4, 0.5) is 5.69 Å². The fraction of sp³-hybridized carbons (Fsp3) is 0.174. The molecule has 0 aliphatic carbocycles. The lowest BCUT2D eigenvalue weighted by atomic mass is 10.1. The Balaban J connectivity index is 1.53. The normalized spacial score (nSPS) is 11.1. The monoisotopic (exact) mass is 492 g/mol. The number of hydrogen-bond donors (Lipinski definition) is 2. The Morgan fingerprint density at radius 3 is 2.38 bits per heavy atom. The van der Waals surface area contributed by atoms with Crippen molar-refractivity contribution in [1.29, 1.82) is 0 Å². The second-order valence-corrected chi connectivity index (χ2v) is 9.46. The lowest BCUT2D eigenvalue weighted by Crippen LogP contribution is -2.27. The number of methoxy groups -OCH3 is 1. The number of halogens is 2. The molecule has 0 fully saturated rings. The molecule has 0 spiro atoms. The second kappa shape index (κ2) is 10.7. The average molecular weight is 493 g/mol. The van der Waals surface area contributed by atoms with E-state index in [0.29, 0.717) is 18.7 Å². The van der Waals surface area contributed by atoms with Crippen molar-refractivity contribution in [2.45, 2.75) is 17.7 Å². The predicted molar refractivity (Wildman–Crippen MR) is 127 cm³/mol. The molecule has 3 aromatic carbocycles. The van der Waals surface area contributed by atoms with Gasteiger partial charge in [-0.05, 0) is 53.9 Å². The van der Waals surface area contributed by atoms with Gasteiger partial charge in [-0.2, -0.15) is 0 Å². The number of carbonyl (C=O) groups excluding carboxylic acids is 1. The Morgan fingerprint density at radius 1 is 0.969 bits per heavy atom. The lowest BCUT2D eigenvalue weighted by molar-refractivity contribution is -0.120. The summed E-state index contributed by atoms with van der Waals surface area (Å²) in [5.41, 5.74) is 2.16. The number of ether oxygens (including phenoxy) is 1. The third-order valence-electron chi connectivity index (χ3n) is 4.68. The molecule has 6 nitrogen and oxygen atoms in total. The van der Waals surface area contributed by atoms with Gasteiger partial charge in [-0.25, -0.2) is 8.42 Å². The van der Waals surface area contributed by atoms with Gasteiger partial charge in [0.05, 0.1) is 28.5 Å². The minimum atomic E-state index is -3.82. The van der Waals surface area contributed by atoms with Gasteiger partial charge < -0.3 is 10.1 Å². The van der Waals surface area contributed by atoms with Crippen LogP contribution in [-0.4, -0.2) is 28.0 Å². The van der Waals surface area contributed by atoms with Gasteiger partial charge in [0.25, 0.3) is 10.0 Å². The minimum Gasteiger partial charge on any atom is -0.496 e. The van der Waals surface area contributed by atoms with Crippen molar-refractivity contribution >= 4 is 44.8 Å². The molecule has 0 unspecified atom stereocenters. The highest BCUT2D eigenvalue weighted by Gasteiger charge is 2.16. The van der Waals surface area contributed by atoms with Crippen LogP contribution in [-0.2, 0) is 27.7 Å². The Morgan fingerprint density at radius 2 is 1.69 bits per heavy atom. The van der Waals surface area contributed by atoms with Gasteiger partial charge in [0.1, 0.15) is 5.75 Å². The fourth-order valence-electron chi connectivity index (χ4n) is 3.04. The van der Waals surface area contributed by atoms with Crippen LogP contribution in [0.2, 0.25) is 10.0 Å². The number of para-hydroxylation sites is 1. The first-order valence-electron chi connectivity index (χ1n) is 9.74. The quantitative estimate of drug-likeness (QED) is 0.453. The standard InChI is InChI=1S/C23H22Cl2N2O4S/c1-31-22-5-3-2-4-17(22)12-13-26-23(28)14-16-6-8-18(9-7-16)27-32(29,30)19-10-11-20(24)21(25)15-19/h2-11,15,27H,12-14H2,1H3,(H,26,28). The van der Waals surface area contributed by atoms with Crippen molar-refractivity contribution in [3.63, 3.8) is 0 Å². The third-order valence-corrected chi connectivity index (χ3v) is 6.80. The van der Waals surface area contributed by atoms with Crippen LogP contribution in [0, 0.1) is 0 Å². The SMILES string of the molecule is COc1ccccc1CCNC(=O)Cc1ccc(NS(=O)(=O)c2ccc(Cl)c(Cl)c2)cc1. The molecule has 0 atom stereocenters. The van der Waals surface area contributed by atoms with E-state index in [9.17, 15) is 13.2 Å². The van der Waals surface area contributed by atoms with E-state index in [0.717, 1.165) is 16.9 Å². The molecule has 32 heavy (non-hydrogen) atoms. The number of amides is 1. The molecule has 3 aromatic rings. The number of rotatable bonds is 9. The predicted octanol–water partition coefficient (Wildman–Crippen LogP) is 4.70. The van der Waals surface area contributed by atoms with E-state index in [1.807, 2.05) is 24.3 Å². The van der Waals surface area contributed by atoms with E-state index in [-0.39, 0.29) is 27.3 Å². The van der Waals surface area contributed by atoms with Crippen molar-refractivity contribution in [3.05, 3.63) is 87.9 Å². The van der Waals surface area contributed by atoms with E-state index in [1.54, 1.807) is 31.4 Å². The Kier molecular flexibility index (Phi) is 8.01. The van der Waals surface area contributed by atoms with Gasteiger partial charge >= 0.3 is 0 Å². The fourth-order valence-corrected chi connectivity index (χ4v) is 4.49. The van der Waals surface area contributed by atoms with Gasteiger partial charge in [-0.15, -0.1) is 0 Å². The Bertz CT molecular complexity index is 1200. The number of carbonyl (C=O) groups is 1. The zero-order valence-corrected chi connectivity index (χ0v) is 19.6. The van der Waals surface area contributed by atoms with Gasteiger partial charge in [-0.1, -0.05) is 53.5 Å². The van der Waals surface area contributed by atoms with Crippen molar-refractivity contribution in [2.24, 2.45) is 0 Å². The average Bonchev–Trinajstić information content (AvgIpc) is 2.77. The van der Waals surface area contributed by atoms with E-state index in [2.05, 4.69) is 10.0 Å². The zero-order chi connectivity index (χ0) is 23.1. The molecular formula is C23H22Cl2N2O4S. The number of nitrogens with one attached hydrogen (secondary N) is 2. The largest absolute Gasteiger partial charge is 0.496 e. The summed E-state index contributed by atoms with van der Waals surface area (Å²) in [4.78, 5) is 12.2. The molecule has 0 saturated heterocycles. The molecule has 168 valence electrons. The van der Waals surface area contributed by atoms with Crippen LogP contribution in [0.15, 0.2) is 71.6 Å². The maximum Gasteiger partial charge on any atom is 0.261 e.